The van der Waals surface area contributed by atoms with Crippen LogP contribution in [0.4, 0.5) is 0 Å². The molecule has 1 atom stereocenters. The Labute approximate surface area is 115 Å². The van der Waals surface area contributed by atoms with Gasteiger partial charge < -0.3 is 11.1 Å². The van der Waals surface area contributed by atoms with Gasteiger partial charge in [0.1, 0.15) is 0 Å². The summed E-state index contributed by atoms with van der Waals surface area (Å²) in [6, 6.07) is 11.0. The summed E-state index contributed by atoms with van der Waals surface area (Å²) in [4.78, 5) is 11.7. The summed E-state index contributed by atoms with van der Waals surface area (Å²) < 4.78 is 0. The zero-order chi connectivity index (χ0) is 13.7. The molecular formula is C16H24N2O. The molecule has 1 amide bonds. The quantitative estimate of drug-likeness (QED) is 0.874. The molecule has 3 heteroatoms. The third kappa shape index (κ3) is 4.35. The third-order valence-corrected chi connectivity index (χ3v) is 3.87. The van der Waals surface area contributed by atoms with Crippen LogP contribution in [0.15, 0.2) is 30.3 Å². The highest BCUT2D eigenvalue weighted by atomic mass is 16.1. The average molecular weight is 260 g/mol. The van der Waals surface area contributed by atoms with Gasteiger partial charge >= 0.3 is 0 Å². The van der Waals surface area contributed by atoms with Gasteiger partial charge in [-0.3, -0.25) is 4.79 Å². The number of hydrogen-bond acceptors (Lipinski definition) is 2. The highest BCUT2D eigenvalue weighted by Gasteiger charge is 2.23. The lowest BCUT2D eigenvalue weighted by Gasteiger charge is -2.29. The second kappa shape index (κ2) is 6.71. The molecule has 3 nitrogen and oxygen atoms in total. The van der Waals surface area contributed by atoms with Crippen molar-refractivity contribution in [2.24, 2.45) is 5.73 Å². The van der Waals surface area contributed by atoms with Crippen LogP contribution < -0.4 is 11.1 Å². The van der Waals surface area contributed by atoms with Crippen molar-refractivity contribution in [1.29, 1.82) is 0 Å². The van der Waals surface area contributed by atoms with Crippen molar-refractivity contribution in [3.8, 4) is 0 Å². The van der Waals surface area contributed by atoms with Crippen molar-refractivity contribution in [3.05, 3.63) is 35.9 Å². The molecule has 1 unspecified atom stereocenters. The molecule has 1 aliphatic rings. The predicted molar refractivity (Wildman–Crippen MR) is 77.8 cm³/mol. The van der Waals surface area contributed by atoms with Gasteiger partial charge in [0.05, 0.1) is 0 Å². The Kier molecular flexibility index (Phi) is 4.97. The molecule has 0 radical (unpaired) electrons. The summed E-state index contributed by atoms with van der Waals surface area (Å²) in [5.74, 6) is 0.751. The number of benzene rings is 1. The van der Waals surface area contributed by atoms with E-state index in [9.17, 15) is 4.79 Å². The molecule has 0 aliphatic heterocycles. The van der Waals surface area contributed by atoms with Crippen molar-refractivity contribution in [2.75, 3.05) is 0 Å². The summed E-state index contributed by atoms with van der Waals surface area (Å²) in [5.41, 5.74) is 7.07. The topological polar surface area (TPSA) is 55.1 Å². The fourth-order valence-electron chi connectivity index (χ4n) is 2.88. The van der Waals surface area contributed by atoms with Crippen LogP contribution in [-0.4, -0.2) is 18.0 Å². The number of nitrogens with two attached hydrogens (primary N) is 1. The minimum Gasteiger partial charge on any atom is -0.353 e. The summed E-state index contributed by atoms with van der Waals surface area (Å²) in [5, 5.41) is 3.10. The van der Waals surface area contributed by atoms with Crippen LogP contribution >= 0.6 is 0 Å². The van der Waals surface area contributed by atoms with E-state index < -0.39 is 0 Å². The lowest BCUT2D eigenvalue weighted by Crippen LogP contribution is -2.39. The molecule has 1 aromatic rings. The number of rotatable bonds is 4. The molecule has 0 bridgehead atoms. The van der Waals surface area contributed by atoms with E-state index in [4.69, 9.17) is 5.73 Å². The Morgan fingerprint density at radius 1 is 1.26 bits per heavy atom. The molecule has 0 saturated heterocycles. The van der Waals surface area contributed by atoms with E-state index in [-0.39, 0.29) is 11.9 Å². The number of amides is 1. The van der Waals surface area contributed by atoms with Crippen LogP contribution in [0.1, 0.15) is 50.5 Å². The monoisotopic (exact) mass is 260 g/mol. The van der Waals surface area contributed by atoms with Crippen LogP contribution in [-0.2, 0) is 4.79 Å². The first-order valence-electron chi connectivity index (χ1n) is 7.25. The Balaban J connectivity index is 1.78. The van der Waals surface area contributed by atoms with Crippen molar-refractivity contribution in [2.45, 2.75) is 57.0 Å². The fraction of sp³-hybridized carbons (Fsp3) is 0.562. The van der Waals surface area contributed by atoms with Crippen LogP contribution in [0, 0.1) is 0 Å². The summed E-state index contributed by atoms with van der Waals surface area (Å²) in [6.07, 6.45) is 4.90. The molecule has 1 aromatic carbocycles. The van der Waals surface area contributed by atoms with Gasteiger partial charge in [-0.25, -0.2) is 0 Å². The van der Waals surface area contributed by atoms with Gasteiger partial charge in [-0.05, 0) is 44.1 Å². The van der Waals surface area contributed by atoms with Gasteiger partial charge in [0, 0.05) is 18.5 Å². The van der Waals surface area contributed by atoms with Gasteiger partial charge in [-0.2, -0.15) is 0 Å². The summed E-state index contributed by atoms with van der Waals surface area (Å²) >= 11 is 0. The Morgan fingerprint density at radius 3 is 2.47 bits per heavy atom. The van der Waals surface area contributed by atoms with Gasteiger partial charge in [0.15, 0.2) is 0 Å². The Bertz CT molecular complexity index is 394. The van der Waals surface area contributed by atoms with Gasteiger partial charge in [-0.15, -0.1) is 0 Å². The van der Waals surface area contributed by atoms with Crippen molar-refractivity contribution in [3.63, 3.8) is 0 Å². The zero-order valence-electron chi connectivity index (χ0n) is 11.6. The van der Waals surface area contributed by atoms with Crippen LogP contribution in [0.3, 0.4) is 0 Å². The predicted octanol–water partition coefficient (Wildman–Crippen LogP) is 2.57. The standard InChI is InChI=1S/C16H24N2O/c1-12(17)11-16(19)18-15-9-7-14(8-10-15)13-5-3-2-4-6-13/h2-6,12,14-15H,7-11,17H2,1H3,(H,18,19). The first-order chi connectivity index (χ1) is 9.15. The van der Waals surface area contributed by atoms with Crippen LogP contribution in [0.25, 0.3) is 0 Å². The molecule has 104 valence electrons. The van der Waals surface area contributed by atoms with Crippen LogP contribution in [0.2, 0.25) is 0 Å². The number of carbonyl (C=O) groups is 1. The normalized spacial score (nSPS) is 24.7. The van der Waals surface area contributed by atoms with E-state index in [1.54, 1.807) is 0 Å². The Morgan fingerprint density at radius 2 is 1.89 bits per heavy atom. The van der Waals surface area contributed by atoms with E-state index in [2.05, 4.69) is 35.6 Å². The minimum atomic E-state index is -0.0549. The summed E-state index contributed by atoms with van der Waals surface area (Å²) in [6.45, 7) is 1.87. The molecule has 1 fully saturated rings. The maximum Gasteiger partial charge on any atom is 0.221 e. The van der Waals surface area contributed by atoms with Crippen molar-refractivity contribution < 1.29 is 4.79 Å². The fourth-order valence-corrected chi connectivity index (χ4v) is 2.88. The molecule has 0 heterocycles. The summed E-state index contributed by atoms with van der Waals surface area (Å²) in [7, 11) is 0. The smallest absolute Gasteiger partial charge is 0.221 e. The highest BCUT2D eigenvalue weighted by molar-refractivity contribution is 5.76. The molecular weight excluding hydrogens is 236 g/mol. The van der Waals surface area contributed by atoms with E-state index in [1.165, 1.54) is 5.56 Å². The number of carbonyl (C=O) groups excluding carboxylic acids is 1. The first-order valence-corrected chi connectivity index (χ1v) is 7.25. The molecule has 19 heavy (non-hydrogen) atoms. The minimum absolute atomic E-state index is 0.0549. The van der Waals surface area contributed by atoms with E-state index in [1.807, 2.05) is 6.92 Å². The average Bonchev–Trinajstić information content (AvgIpc) is 2.39. The second-order valence-electron chi connectivity index (χ2n) is 5.71. The first kappa shape index (κ1) is 14.1. The van der Waals surface area contributed by atoms with E-state index >= 15 is 0 Å². The Hall–Kier alpha value is -1.35. The highest BCUT2D eigenvalue weighted by Crippen LogP contribution is 2.32. The molecule has 1 saturated carbocycles. The maximum absolute atomic E-state index is 11.7. The number of nitrogens with one attached hydrogen (secondary N) is 1. The lowest BCUT2D eigenvalue weighted by molar-refractivity contribution is -0.122. The zero-order valence-corrected chi connectivity index (χ0v) is 11.6. The molecule has 0 aromatic heterocycles. The van der Waals surface area contributed by atoms with E-state index in [0.717, 1.165) is 25.7 Å². The molecule has 1 aliphatic carbocycles. The number of hydrogen-bond donors (Lipinski definition) is 2. The van der Waals surface area contributed by atoms with E-state index in [0.29, 0.717) is 18.4 Å². The van der Waals surface area contributed by atoms with Crippen molar-refractivity contribution in [1.82, 2.24) is 5.32 Å². The third-order valence-electron chi connectivity index (χ3n) is 3.87. The van der Waals surface area contributed by atoms with Gasteiger partial charge in [-0.1, -0.05) is 30.3 Å². The second-order valence-corrected chi connectivity index (χ2v) is 5.71. The SMILES string of the molecule is CC(N)CC(=O)NC1CCC(c2ccccc2)CC1. The van der Waals surface area contributed by atoms with Crippen molar-refractivity contribution >= 4 is 5.91 Å². The molecule has 3 N–H and O–H groups in total. The van der Waals surface area contributed by atoms with Gasteiger partial charge in [0.25, 0.3) is 0 Å². The van der Waals surface area contributed by atoms with Crippen LogP contribution in [0.5, 0.6) is 0 Å². The molecule has 2 rings (SSSR count). The van der Waals surface area contributed by atoms with Gasteiger partial charge in [0.2, 0.25) is 5.91 Å². The lowest BCUT2D eigenvalue weighted by atomic mass is 9.82. The molecule has 0 spiro atoms. The maximum atomic E-state index is 11.7. The largest absolute Gasteiger partial charge is 0.353 e.